The van der Waals surface area contributed by atoms with Crippen LogP contribution in [0.5, 0.6) is 5.75 Å². The molecule has 4 heteroatoms. The second kappa shape index (κ2) is 8.86. The highest BCUT2D eigenvalue weighted by Gasteiger charge is 2.32. The van der Waals surface area contributed by atoms with Gasteiger partial charge in [0.05, 0.1) is 0 Å². The van der Waals surface area contributed by atoms with E-state index in [0.717, 1.165) is 28.1 Å². The minimum atomic E-state index is -0.820. The van der Waals surface area contributed by atoms with Gasteiger partial charge in [-0.05, 0) is 62.9 Å². The fraction of sp³-hybridized carbons (Fsp3) is 0.409. The number of rotatable bonds is 8. The second-order valence-electron chi connectivity index (χ2n) is 6.68. The van der Waals surface area contributed by atoms with E-state index in [1.165, 1.54) is 0 Å². The molecule has 0 heterocycles. The van der Waals surface area contributed by atoms with Crippen molar-refractivity contribution in [3.05, 3.63) is 59.2 Å². The first-order chi connectivity index (χ1) is 12.4. The van der Waals surface area contributed by atoms with Gasteiger partial charge in [-0.15, -0.1) is 0 Å². The van der Waals surface area contributed by atoms with Crippen molar-refractivity contribution < 1.29 is 14.3 Å². The predicted molar refractivity (Wildman–Crippen MR) is 106 cm³/mol. The van der Waals surface area contributed by atoms with Gasteiger partial charge in [-0.1, -0.05) is 37.3 Å². The van der Waals surface area contributed by atoms with Gasteiger partial charge in [0.1, 0.15) is 18.0 Å². The lowest BCUT2D eigenvalue weighted by molar-refractivity contribution is -0.139. The van der Waals surface area contributed by atoms with Crippen molar-refractivity contribution in [3.63, 3.8) is 0 Å². The standard InChI is InChI=1S/C22H29NO3/c1-6-22(5,26-7-2)21(24)23-19-13-16(3)20(17(4)14-19)25-15-18-11-9-8-10-12-18/h8-14H,6-7,15H2,1-5H3,(H,23,24). The molecule has 26 heavy (non-hydrogen) atoms. The fourth-order valence-electron chi connectivity index (χ4n) is 2.89. The summed E-state index contributed by atoms with van der Waals surface area (Å²) >= 11 is 0. The minimum absolute atomic E-state index is 0.126. The van der Waals surface area contributed by atoms with E-state index in [-0.39, 0.29) is 5.91 Å². The van der Waals surface area contributed by atoms with E-state index in [1.807, 2.05) is 77.1 Å². The SMILES string of the molecule is CCOC(C)(CC)C(=O)Nc1cc(C)c(OCc2ccccc2)c(C)c1. The summed E-state index contributed by atoms with van der Waals surface area (Å²) in [5, 5.41) is 2.98. The zero-order valence-corrected chi connectivity index (χ0v) is 16.4. The number of carbonyl (C=O) groups is 1. The average molecular weight is 355 g/mol. The third kappa shape index (κ3) is 4.85. The molecular weight excluding hydrogens is 326 g/mol. The van der Waals surface area contributed by atoms with Crippen molar-refractivity contribution in [2.75, 3.05) is 11.9 Å². The summed E-state index contributed by atoms with van der Waals surface area (Å²) in [6.07, 6.45) is 0.614. The van der Waals surface area contributed by atoms with Crippen LogP contribution in [0.1, 0.15) is 43.9 Å². The molecule has 0 aliphatic carbocycles. The van der Waals surface area contributed by atoms with Crippen molar-refractivity contribution in [2.24, 2.45) is 0 Å². The molecule has 0 aromatic heterocycles. The molecule has 1 unspecified atom stereocenters. The second-order valence-corrected chi connectivity index (χ2v) is 6.68. The number of nitrogens with one attached hydrogen (secondary N) is 1. The molecule has 1 atom stereocenters. The molecule has 0 saturated heterocycles. The smallest absolute Gasteiger partial charge is 0.256 e. The molecular formula is C22H29NO3. The van der Waals surface area contributed by atoms with Crippen LogP contribution in [-0.4, -0.2) is 18.1 Å². The molecule has 4 nitrogen and oxygen atoms in total. The van der Waals surface area contributed by atoms with Crippen molar-refractivity contribution in [1.82, 2.24) is 0 Å². The van der Waals surface area contributed by atoms with Crippen LogP contribution in [0.2, 0.25) is 0 Å². The summed E-state index contributed by atoms with van der Waals surface area (Å²) in [4.78, 5) is 12.6. The van der Waals surface area contributed by atoms with Crippen LogP contribution in [0, 0.1) is 13.8 Å². The Morgan fingerprint density at radius 2 is 1.69 bits per heavy atom. The lowest BCUT2D eigenvalue weighted by Gasteiger charge is -2.27. The molecule has 0 fully saturated rings. The van der Waals surface area contributed by atoms with Gasteiger partial charge in [0.15, 0.2) is 0 Å². The van der Waals surface area contributed by atoms with E-state index in [2.05, 4.69) is 5.32 Å². The van der Waals surface area contributed by atoms with E-state index in [4.69, 9.17) is 9.47 Å². The van der Waals surface area contributed by atoms with Gasteiger partial charge >= 0.3 is 0 Å². The number of hydrogen-bond donors (Lipinski definition) is 1. The molecule has 0 bridgehead atoms. The van der Waals surface area contributed by atoms with E-state index in [1.54, 1.807) is 0 Å². The first-order valence-electron chi connectivity index (χ1n) is 9.13. The van der Waals surface area contributed by atoms with Gasteiger partial charge in [0, 0.05) is 12.3 Å². The van der Waals surface area contributed by atoms with Crippen molar-refractivity contribution >= 4 is 11.6 Å². The maximum atomic E-state index is 12.6. The zero-order valence-electron chi connectivity index (χ0n) is 16.4. The Balaban J connectivity index is 2.12. The van der Waals surface area contributed by atoms with Crippen LogP contribution < -0.4 is 10.1 Å². The normalized spacial score (nSPS) is 13.1. The summed E-state index contributed by atoms with van der Waals surface area (Å²) in [7, 11) is 0. The van der Waals surface area contributed by atoms with Gasteiger partial charge < -0.3 is 14.8 Å². The van der Waals surface area contributed by atoms with Crippen LogP contribution in [0.25, 0.3) is 0 Å². The van der Waals surface area contributed by atoms with Gasteiger partial charge in [0.25, 0.3) is 5.91 Å². The van der Waals surface area contributed by atoms with Crippen LogP contribution in [0.15, 0.2) is 42.5 Å². The van der Waals surface area contributed by atoms with Crippen molar-refractivity contribution in [2.45, 2.75) is 53.2 Å². The summed E-state index contributed by atoms with van der Waals surface area (Å²) in [5.41, 5.74) is 3.05. The number of amides is 1. The largest absolute Gasteiger partial charge is 0.488 e. The van der Waals surface area contributed by atoms with Crippen LogP contribution in [-0.2, 0) is 16.1 Å². The highest BCUT2D eigenvalue weighted by atomic mass is 16.5. The number of anilines is 1. The monoisotopic (exact) mass is 355 g/mol. The van der Waals surface area contributed by atoms with E-state index < -0.39 is 5.60 Å². The van der Waals surface area contributed by atoms with E-state index >= 15 is 0 Å². The molecule has 2 rings (SSSR count). The van der Waals surface area contributed by atoms with Crippen LogP contribution >= 0.6 is 0 Å². The number of ether oxygens (including phenoxy) is 2. The number of carbonyl (C=O) groups excluding carboxylic acids is 1. The molecule has 2 aromatic carbocycles. The Bertz CT molecular complexity index is 719. The summed E-state index contributed by atoms with van der Waals surface area (Å²) in [6.45, 7) is 10.7. The Morgan fingerprint density at radius 3 is 2.23 bits per heavy atom. The van der Waals surface area contributed by atoms with E-state index in [9.17, 15) is 4.79 Å². The third-order valence-corrected chi connectivity index (χ3v) is 4.56. The topological polar surface area (TPSA) is 47.6 Å². The number of aryl methyl sites for hydroxylation is 2. The molecule has 0 aliphatic rings. The van der Waals surface area contributed by atoms with Crippen LogP contribution in [0.3, 0.4) is 0 Å². The van der Waals surface area contributed by atoms with E-state index in [0.29, 0.717) is 19.6 Å². The van der Waals surface area contributed by atoms with Crippen LogP contribution in [0.4, 0.5) is 5.69 Å². The molecule has 0 spiro atoms. The number of benzene rings is 2. The summed E-state index contributed by atoms with van der Waals surface area (Å²) in [5.74, 6) is 0.730. The predicted octanol–water partition coefficient (Wildman–Crippen LogP) is 5.03. The van der Waals surface area contributed by atoms with Gasteiger partial charge in [-0.3, -0.25) is 4.79 Å². The lowest BCUT2D eigenvalue weighted by Crippen LogP contribution is -2.42. The first kappa shape index (κ1) is 20.0. The molecule has 0 saturated carbocycles. The van der Waals surface area contributed by atoms with Crippen molar-refractivity contribution in [1.29, 1.82) is 0 Å². The molecule has 1 amide bonds. The fourth-order valence-corrected chi connectivity index (χ4v) is 2.89. The zero-order chi connectivity index (χ0) is 19.2. The van der Waals surface area contributed by atoms with Crippen molar-refractivity contribution in [3.8, 4) is 5.75 Å². The highest BCUT2D eigenvalue weighted by molar-refractivity contribution is 5.97. The Morgan fingerprint density at radius 1 is 1.08 bits per heavy atom. The maximum absolute atomic E-state index is 12.6. The quantitative estimate of drug-likeness (QED) is 0.723. The van der Waals surface area contributed by atoms with Gasteiger partial charge in [-0.25, -0.2) is 0 Å². The minimum Gasteiger partial charge on any atom is -0.488 e. The molecule has 140 valence electrons. The maximum Gasteiger partial charge on any atom is 0.256 e. The highest BCUT2D eigenvalue weighted by Crippen LogP contribution is 2.29. The average Bonchev–Trinajstić information content (AvgIpc) is 2.62. The summed E-state index contributed by atoms with van der Waals surface area (Å²) in [6, 6.07) is 13.9. The summed E-state index contributed by atoms with van der Waals surface area (Å²) < 4.78 is 11.7. The lowest BCUT2D eigenvalue weighted by atomic mass is 10.0. The Kier molecular flexibility index (Phi) is 6.81. The first-order valence-corrected chi connectivity index (χ1v) is 9.13. The van der Waals surface area contributed by atoms with Gasteiger partial charge in [-0.2, -0.15) is 0 Å². The molecule has 0 radical (unpaired) electrons. The molecule has 1 N–H and O–H groups in total. The number of hydrogen-bond acceptors (Lipinski definition) is 3. The molecule has 2 aromatic rings. The Labute approximate surface area is 156 Å². The van der Waals surface area contributed by atoms with Gasteiger partial charge in [0.2, 0.25) is 0 Å². The Hall–Kier alpha value is -2.33. The third-order valence-electron chi connectivity index (χ3n) is 4.56. The molecule has 0 aliphatic heterocycles.